The van der Waals surface area contributed by atoms with Crippen LogP contribution in [-0.2, 0) is 25.4 Å². The van der Waals surface area contributed by atoms with Gasteiger partial charge < -0.3 is 9.88 Å². The third kappa shape index (κ3) is 3.15. The van der Waals surface area contributed by atoms with E-state index in [0.717, 1.165) is 20.3 Å². The van der Waals surface area contributed by atoms with Gasteiger partial charge in [-0.1, -0.05) is 37.3 Å². The number of aryl methyl sites for hydroxylation is 1. The van der Waals surface area contributed by atoms with E-state index in [4.69, 9.17) is 0 Å². The molecule has 0 fully saturated rings. The van der Waals surface area contributed by atoms with Gasteiger partial charge >= 0.3 is 5.69 Å². The van der Waals surface area contributed by atoms with E-state index in [1.165, 1.54) is 40.9 Å². The van der Waals surface area contributed by atoms with Crippen LogP contribution in [0.4, 0.5) is 5.13 Å². The highest BCUT2D eigenvalue weighted by Gasteiger charge is 2.17. The molecule has 1 N–H and O–H groups in total. The van der Waals surface area contributed by atoms with Gasteiger partial charge in [-0.15, -0.1) is 0 Å². The number of rotatable bonds is 4. The first-order chi connectivity index (χ1) is 13.8. The van der Waals surface area contributed by atoms with E-state index in [9.17, 15) is 14.4 Å². The molecule has 9 nitrogen and oxygen atoms in total. The number of hydrogen-bond donors (Lipinski definition) is 1. The van der Waals surface area contributed by atoms with Crippen molar-refractivity contribution in [3.8, 4) is 0 Å². The molecule has 0 saturated heterocycles. The summed E-state index contributed by atoms with van der Waals surface area (Å²) >= 11 is 1.40. The van der Waals surface area contributed by atoms with Gasteiger partial charge in [0, 0.05) is 14.1 Å². The number of anilines is 1. The summed E-state index contributed by atoms with van der Waals surface area (Å²) in [7, 11) is 2.93. The molecule has 29 heavy (non-hydrogen) atoms. The average molecular weight is 412 g/mol. The van der Waals surface area contributed by atoms with Crippen LogP contribution in [0.3, 0.4) is 0 Å². The maximum Gasteiger partial charge on any atom is 0.332 e. The first-order valence-electron chi connectivity index (χ1n) is 9.08. The number of benzene rings is 1. The van der Waals surface area contributed by atoms with Crippen LogP contribution >= 0.6 is 11.3 Å². The van der Waals surface area contributed by atoms with Gasteiger partial charge in [-0.3, -0.25) is 18.7 Å². The van der Waals surface area contributed by atoms with Crippen molar-refractivity contribution >= 4 is 43.8 Å². The molecule has 1 amide bonds. The van der Waals surface area contributed by atoms with E-state index in [-0.39, 0.29) is 23.6 Å². The summed E-state index contributed by atoms with van der Waals surface area (Å²) in [5.41, 5.74) is 1.51. The normalized spacial score (nSPS) is 11.6. The number of carbonyl (C=O) groups is 1. The quantitative estimate of drug-likeness (QED) is 0.551. The lowest BCUT2D eigenvalue weighted by Crippen LogP contribution is -2.37. The van der Waals surface area contributed by atoms with E-state index in [1.807, 2.05) is 18.2 Å². The van der Waals surface area contributed by atoms with Crippen molar-refractivity contribution in [1.82, 2.24) is 23.7 Å². The maximum absolute atomic E-state index is 12.6. The predicted octanol–water partition coefficient (Wildman–Crippen LogP) is 1.81. The Kier molecular flexibility index (Phi) is 4.58. The SMILES string of the molecule is CC(C)c1cccc2sc(NC(=O)Cn3cnc4c3c(=O)n(C)c(=O)n4C)nc12. The third-order valence-corrected chi connectivity index (χ3v) is 5.79. The van der Waals surface area contributed by atoms with Crippen molar-refractivity contribution < 1.29 is 4.79 Å². The van der Waals surface area contributed by atoms with Crippen molar-refractivity contribution in [3.05, 3.63) is 50.9 Å². The first kappa shape index (κ1) is 19.1. The molecule has 0 aliphatic carbocycles. The van der Waals surface area contributed by atoms with E-state index in [0.29, 0.717) is 11.0 Å². The highest BCUT2D eigenvalue weighted by atomic mass is 32.1. The fourth-order valence-electron chi connectivity index (χ4n) is 3.32. The van der Waals surface area contributed by atoms with Gasteiger partial charge in [-0.2, -0.15) is 0 Å². The molecule has 4 rings (SSSR count). The Labute approximate surface area is 169 Å². The summed E-state index contributed by atoms with van der Waals surface area (Å²) in [6.07, 6.45) is 1.39. The van der Waals surface area contributed by atoms with E-state index >= 15 is 0 Å². The zero-order chi connectivity index (χ0) is 20.9. The van der Waals surface area contributed by atoms with Crippen molar-refractivity contribution in [2.24, 2.45) is 14.1 Å². The van der Waals surface area contributed by atoms with Crippen LogP contribution in [0.1, 0.15) is 25.3 Å². The lowest BCUT2D eigenvalue weighted by Gasteiger charge is -2.06. The van der Waals surface area contributed by atoms with E-state index in [1.54, 1.807) is 0 Å². The van der Waals surface area contributed by atoms with Gasteiger partial charge in [-0.05, 0) is 17.5 Å². The molecule has 0 bridgehead atoms. The molecule has 3 heterocycles. The number of nitrogens with zero attached hydrogens (tertiary/aromatic N) is 5. The average Bonchev–Trinajstić information content (AvgIpc) is 3.27. The molecule has 3 aromatic heterocycles. The van der Waals surface area contributed by atoms with Crippen LogP contribution in [-0.4, -0.2) is 29.6 Å². The molecule has 0 radical (unpaired) electrons. The van der Waals surface area contributed by atoms with Gasteiger partial charge in [0.25, 0.3) is 5.56 Å². The molecule has 150 valence electrons. The Hall–Kier alpha value is -3.27. The van der Waals surface area contributed by atoms with E-state index < -0.39 is 11.2 Å². The standard InChI is InChI=1S/C19H20N6O3S/c1-10(2)11-6-5-7-12-14(11)22-18(29-12)21-13(26)8-25-9-20-16-15(25)17(27)24(4)19(28)23(16)3/h5-7,9-10H,8H2,1-4H3,(H,21,22,26). The highest BCUT2D eigenvalue weighted by molar-refractivity contribution is 7.22. The Bertz CT molecular complexity index is 1370. The van der Waals surface area contributed by atoms with Crippen LogP contribution in [0.15, 0.2) is 34.1 Å². The molecule has 0 unspecified atom stereocenters. The van der Waals surface area contributed by atoms with E-state index in [2.05, 4.69) is 29.1 Å². The van der Waals surface area contributed by atoms with Crippen LogP contribution in [0.2, 0.25) is 0 Å². The minimum Gasteiger partial charge on any atom is -0.315 e. The summed E-state index contributed by atoms with van der Waals surface area (Å²) < 4.78 is 4.73. The summed E-state index contributed by atoms with van der Waals surface area (Å²) in [4.78, 5) is 45.8. The molecule has 0 saturated carbocycles. The number of para-hydroxylation sites is 1. The van der Waals surface area contributed by atoms with Crippen LogP contribution < -0.4 is 16.6 Å². The second-order valence-electron chi connectivity index (χ2n) is 7.17. The fraction of sp³-hybridized carbons (Fsp3) is 0.316. The smallest absolute Gasteiger partial charge is 0.315 e. The van der Waals surface area contributed by atoms with Crippen LogP contribution in [0.5, 0.6) is 0 Å². The number of thiazole rings is 1. The topological polar surface area (TPSA) is 104 Å². The number of hydrogen-bond acceptors (Lipinski definition) is 6. The van der Waals surface area contributed by atoms with Crippen molar-refractivity contribution in [1.29, 1.82) is 0 Å². The Morgan fingerprint density at radius 2 is 1.97 bits per heavy atom. The van der Waals surface area contributed by atoms with Gasteiger partial charge in [0.1, 0.15) is 6.54 Å². The number of imidazole rings is 1. The number of carbonyl (C=O) groups excluding carboxylic acids is 1. The summed E-state index contributed by atoms with van der Waals surface area (Å²) in [5, 5.41) is 3.31. The highest BCUT2D eigenvalue weighted by Crippen LogP contribution is 2.31. The largest absolute Gasteiger partial charge is 0.332 e. The van der Waals surface area contributed by atoms with Crippen LogP contribution in [0, 0.1) is 0 Å². The summed E-state index contributed by atoms with van der Waals surface area (Å²) in [6.45, 7) is 4.09. The predicted molar refractivity (Wildman–Crippen MR) is 113 cm³/mol. The number of aromatic nitrogens is 5. The second-order valence-corrected chi connectivity index (χ2v) is 8.20. The van der Waals surface area contributed by atoms with Gasteiger partial charge in [0.15, 0.2) is 16.3 Å². The zero-order valence-electron chi connectivity index (χ0n) is 16.5. The molecule has 0 aliphatic rings. The molecule has 1 aromatic carbocycles. The first-order valence-corrected chi connectivity index (χ1v) is 9.89. The van der Waals surface area contributed by atoms with Crippen molar-refractivity contribution in [2.45, 2.75) is 26.3 Å². The Morgan fingerprint density at radius 3 is 2.69 bits per heavy atom. The monoisotopic (exact) mass is 412 g/mol. The molecule has 0 atom stereocenters. The molecule has 0 aliphatic heterocycles. The molecule has 4 aromatic rings. The lowest BCUT2D eigenvalue weighted by molar-refractivity contribution is -0.116. The second kappa shape index (κ2) is 6.96. The number of fused-ring (bicyclic) bond motifs is 2. The summed E-state index contributed by atoms with van der Waals surface area (Å²) in [5.74, 6) is -0.00474. The van der Waals surface area contributed by atoms with Gasteiger partial charge in [0.2, 0.25) is 5.91 Å². The molecule has 0 spiro atoms. The molecular formula is C19H20N6O3S. The Balaban J connectivity index is 1.65. The fourth-order valence-corrected chi connectivity index (χ4v) is 4.24. The lowest BCUT2D eigenvalue weighted by atomic mass is 10.0. The number of amides is 1. The Morgan fingerprint density at radius 1 is 1.21 bits per heavy atom. The van der Waals surface area contributed by atoms with Crippen molar-refractivity contribution in [2.75, 3.05) is 5.32 Å². The third-order valence-electron chi connectivity index (χ3n) is 4.85. The summed E-state index contributed by atoms with van der Waals surface area (Å²) in [6, 6.07) is 6.00. The van der Waals surface area contributed by atoms with Gasteiger partial charge in [-0.25, -0.2) is 14.8 Å². The zero-order valence-corrected chi connectivity index (χ0v) is 17.3. The maximum atomic E-state index is 12.6. The van der Waals surface area contributed by atoms with Crippen LogP contribution in [0.25, 0.3) is 21.4 Å². The molecular weight excluding hydrogens is 392 g/mol. The minimum absolute atomic E-state index is 0.114. The van der Waals surface area contributed by atoms with Gasteiger partial charge in [0.05, 0.1) is 16.5 Å². The minimum atomic E-state index is -0.491. The number of nitrogens with one attached hydrogen (secondary N) is 1. The van der Waals surface area contributed by atoms with Crippen molar-refractivity contribution in [3.63, 3.8) is 0 Å². The molecule has 10 heteroatoms.